The van der Waals surface area contributed by atoms with Crippen LogP contribution in [0.1, 0.15) is 32.6 Å². The van der Waals surface area contributed by atoms with E-state index in [4.69, 9.17) is 15.2 Å². The number of likely N-dealkylation sites (N-methyl/N-ethyl adjacent to an activating group) is 1. The van der Waals surface area contributed by atoms with Crippen LogP contribution in [0.15, 0.2) is 35.7 Å². The van der Waals surface area contributed by atoms with Crippen molar-refractivity contribution in [2.45, 2.75) is 19.3 Å². The Morgan fingerprint density at radius 2 is 2.14 bits per heavy atom. The number of anilines is 1. The Labute approximate surface area is 165 Å². The summed E-state index contributed by atoms with van der Waals surface area (Å²) in [6, 6.07) is 9.32. The number of benzene rings is 1. The molecule has 2 aliphatic heterocycles. The summed E-state index contributed by atoms with van der Waals surface area (Å²) in [5, 5.41) is 9.89. The Bertz CT molecular complexity index is 1110. The van der Waals surface area contributed by atoms with Gasteiger partial charge in [-0.2, -0.15) is 5.26 Å². The summed E-state index contributed by atoms with van der Waals surface area (Å²) in [6.45, 7) is 3.67. The minimum atomic E-state index is -1.43. The van der Waals surface area contributed by atoms with Gasteiger partial charge >= 0.3 is 5.97 Å². The molecule has 2 aliphatic rings. The summed E-state index contributed by atoms with van der Waals surface area (Å²) in [6.07, 6.45) is 0. The molecule has 28 heavy (non-hydrogen) atoms. The Balaban J connectivity index is 2.11. The van der Waals surface area contributed by atoms with Crippen molar-refractivity contribution in [3.63, 3.8) is 0 Å². The summed E-state index contributed by atoms with van der Waals surface area (Å²) in [4.78, 5) is 28.7. The minimum Gasteiger partial charge on any atom is -0.462 e. The number of nitrogens with zero attached hydrogens (tertiary/aromatic N) is 2. The molecule has 4 rings (SSSR count). The van der Waals surface area contributed by atoms with E-state index in [9.17, 15) is 14.9 Å². The van der Waals surface area contributed by atoms with Gasteiger partial charge in [0.15, 0.2) is 11.2 Å². The van der Waals surface area contributed by atoms with Crippen LogP contribution >= 0.6 is 11.3 Å². The van der Waals surface area contributed by atoms with E-state index in [0.29, 0.717) is 21.0 Å². The van der Waals surface area contributed by atoms with Gasteiger partial charge in [0.25, 0.3) is 0 Å². The number of carbonyl (C=O) groups is 2. The molecule has 3 heterocycles. The fourth-order valence-electron chi connectivity index (χ4n) is 3.93. The number of rotatable bonds is 2. The molecule has 142 valence electrons. The van der Waals surface area contributed by atoms with E-state index in [-0.39, 0.29) is 35.3 Å². The molecular weight excluding hydrogens is 378 g/mol. The molecule has 0 saturated carbocycles. The molecule has 0 saturated heterocycles. The van der Waals surface area contributed by atoms with Crippen molar-refractivity contribution >= 4 is 28.9 Å². The van der Waals surface area contributed by atoms with Gasteiger partial charge in [-0.25, -0.2) is 4.79 Å². The predicted molar refractivity (Wildman–Crippen MR) is 103 cm³/mol. The first-order valence-electron chi connectivity index (χ1n) is 8.66. The van der Waals surface area contributed by atoms with E-state index in [1.54, 1.807) is 33.0 Å². The number of aryl methyl sites for hydroxylation is 1. The lowest BCUT2D eigenvalue weighted by Gasteiger charge is -2.32. The highest BCUT2D eigenvalue weighted by Gasteiger charge is 2.60. The standard InChI is InChI=1S/C20H17N3O4S/c1-4-26-18(24)14-10(2)28-16-15(14)27-17(22)12(9-21)20(16)11-7-5-6-8-13(11)23(3)19(20)25/h5-8H,4,22H2,1-3H3/t20-/m0/s1. The number of hydrogen-bond donors (Lipinski definition) is 1. The lowest BCUT2D eigenvalue weighted by Crippen LogP contribution is -2.44. The zero-order chi connectivity index (χ0) is 20.2. The molecule has 0 radical (unpaired) electrons. The molecule has 1 atom stereocenters. The van der Waals surface area contributed by atoms with Crippen molar-refractivity contribution in [2.75, 3.05) is 18.6 Å². The Kier molecular flexibility index (Phi) is 3.94. The molecule has 0 fully saturated rings. The second-order valence-electron chi connectivity index (χ2n) is 6.50. The van der Waals surface area contributed by atoms with Gasteiger partial charge in [-0.05, 0) is 19.9 Å². The third-order valence-corrected chi connectivity index (χ3v) is 6.31. The highest BCUT2D eigenvalue weighted by Crippen LogP contribution is 2.58. The number of para-hydroxylation sites is 1. The summed E-state index contributed by atoms with van der Waals surface area (Å²) in [7, 11) is 1.66. The average molecular weight is 395 g/mol. The number of ether oxygens (including phenoxy) is 2. The highest BCUT2D eigenvalue weighted by atomic mass is 32.1. The van der Waals surface area contributed by atoms with Crippen LogP contribution in [0.2, 0.25) is 0 Å². The second-order valence-corrected chi connectivity index (χ2v) is 7.72. The van der Waals surface area contributed by atoms with Crippen molar-refractivity contribution < 1.29 is 19.1 Å². The van der Waals surface area contributed by atoms with Crippen molar-refractivity contribution in [2.24, 2.45) is 5.73 Å². The quantitative estimate of drug-likeness (QED) is 0.784. The maximum absolute atomic E-state index is 13.6. The molecular formula is C20H17N3O4S. The Morgan fingerprint density at radius 1 is 1.43 bits per heavy atom. The molecule has 0 bridgehead atoms. The zero-order valence-electron chi connectivity index (χ0n) is 15.5. The van der Waals surface area contributed by atoms with Gasteiger partial charge in [-0.15, -0.1) is 11.3 Å². The van der Waals surface area contributed by atoms with E-state index in [2.05, 4.69) is 6.07 Å². The molecule has 0 unspecified atom stereocenters. The van der Waals surface area contributed by atoms with Crippen LogP contribution in [0.5, 0.6) is 5.75 Å². The van der Waals surface area contributed by atoms with Crippen LogP contribution in [-0.2, 0) is 14.9 Å². The number of amides is 1. The van der Waals surface area contributed by atoms with Crippen LogP contribution in [-0.4, -0.2) is 25.5 Å². The molecule has 1 aromatic carbocycles. The lowest BCUT2D eigenvalue weighted by molar-refractivity contribution is -0.120. The van der Waals surface area contributed by atoms with Gasteiger partial charge in [0.2, 0.25) is 11.8 Å². The zero-order valence-corrected chi connectivity index (χ0v) is 16.3. The first-order chi connectivity index (χ1) is 13.4. The summed E-state index contributed by atoms with van der Waals surface area (Å²) in [5.74, 6) is -0.852. The number of nitriles is 1. The molecule has 2 aromatic rings. The van der Waals surface area contributed by atoms with Gasteiger partial charge in [-0.1, -0.05) is 18.2 Å². The van der Waals surface area contributed by atoms with Crippen LogP contribution < -0.4 is 15.4 Å². The number of thiophene rings is 1. The monoisotopic (exact) mass is 395 g/mol. The minimum absolute atomic E-state index is 0.0264. The molecule has 2 N–H and O–H groups in total. The van der Waals surface area contributed by atoms with Gasteiger partial charge in [-0.3, -0.25) is 4.79 Å². The summed E-state index contributed by atoms with van der Waals surface area (Å²) >= 11 is 1.24. The number of esters is 1. The number of fused-ring (bicyclic) bond motifs is 4. The lowest BCUT2D eigenvalue weighted by atomic mass is 9.72. The first kappa shape index (κ1) is 18.1. The van der Waals surface area contributed by atoms with E-state index < -0.39 is 11.4 Å². The van der Waals surface area contributed by atoms with Crippen molar-refractivity contribution in [1.82, 2.24) is 0 Å². The van der Waals surface area contributed by atoms with Crippen molar-refractivity contribution in [3.05, 3.63) is 56.6 Å². The first-order valence-corrected chi connectivity index (χ1v) is 9.48. The number of nitrogens with two attached hydrogens (primary N) is 1. The summed E-state index contributed by atoms with van der Waals surface area (Å²) in [5.41, 5.74) is 6.25. The van der Waals surface area contributed by atoms with Crippen molar-refractivity contribution in [1.29, 1.82) is 5.26 Å². The molecule has 1 amide bonds. The second kappa shape index (κ2) is 6.11. The Morgan fingerprint density at radius 3 is 2.82 bits per heavy atom. The van der Waals surface area contributed by atoms with E-state index in [1.807, 2.05) is 12.1 Å². The molecule has 7 nitrogen and oxygen atoms in total. The van der Waals surface area contributed by atoms with Crippen LogP contribution in [0.3, 0.4) is 0 Å². The molecule has 8 heteroatoms. The molecule has 0 aliphatic carbocycles. The molecule has 1 aromatic heterocycles. The van der Waals surface area contributed by atoms with Crippen molar-refractivity contribution in [3.8, 4) is 11.8 Å². The number of hydrogen-bond acceptors (Lipinski definition) is 7. The van der Waals surface area contributed by atoms with E-state index in [0.717, 1.165) is 0 Å². The smallest absolute Gasteiger partial charge is 0.343 e. The fourth-order valence-corrected chi connectivity index (χ4v) is 5.20. The van der Waals surface area contributed by atoms with E-state index >= 15 is 0 Å². The third-order valence-electron chi connectivity index (χ3n) is 5.10. The van der Waals surface area contributed by atoms with Gasteiger partial charge in [0.05, 0.1) is 11.5 Å². The maximum atomic E-state index is 13.6. The fraction of sp³-hybridized carbons (Fsp3) is 0.250. The number of carbonyl (C=O) groups excluding carboxylic acids is 2. The largest absolute Gasteiger partial charge is 0.462 e. The SMILES string of the molecule is CCOC(=O)c1c(C)sc2c1OC(N)=C(C#N)[C@]21C(=O)N(C)c2ccccc21. The summed E-state index contributed by atoms with van der Waals surface area (Å²) < 4.78 is 10.9. The van der Waals surface area contributed by atoms with Crippen LogP contribution in [0.25, 0.3) is 0 Å². The Hall–Kier alpha value is -3.31. The maximum Gasteiger partial charge on any atom is 0.343 e. The third kappa shape index (κ3) is 2.02. The predicted octanol–water partition coefficient (Wildman–Crippen LogP) is 2.58. The van der Waals surface area contributed by atoms with Crippen LogP contribution in [0, 0.1) is 18.3 Å². The van der Waals surface area contributed by atoms with Gasteiger partial charge in [0.1, 0.15) is 17.2 Å². The van der Waals surface area contributed by atoms with Gasteiger partial charge < -0.3 is 20.1 Å². The normalized spacial score (nSPS) is 19.9. The van der Waals surface area contributed by atoms with Crippen LogP contribution in [0.4, 0.5) is 5.69 Å². The van der Waals surface area contributed by atoms with Gasteiger partial charge in [0, 0.05) is 23.2 Å². The highest BCUT2D eigenvalue weighted by molar-refractivity contribution is 7.13. The average Bonchev–Trinajstić information content (AvgIpc) is 3.11. The topological polar surface area (TPSA) is 106 Å². The molecule has 1 spiro atoms. The van der Waals surface area contributed by atoms with E-state index in [1.165, 1.54) is 16.2 Å².